The van der Waals surface area contributed by atoms with Crippen LogP contribution in [0.5, 0.6) is 0 Å². The second-order valence-electron chi connectivity index (χ2n) is 7.26. The number of rotatable bonds is 11. The molecule has 0 saturated heterocycles. The van der Waals surface area contributed by atoms with E-state index in [1.807, 2.05) is 61.7 Å². The third-order valence-electron chi connectivity index (χ3n) is 4.83. The van der Waals surface area contributed by atoms with Crippen molar-refractivity contribution in [3.8, 4) is 0 Å². The number of hydrogen-bond acceptors (Lipinski definition) is 4. The first-order chi connectivity index (χ1) is 14.6. The van der Waals surface area contributed by atoms with Crippen molar-refractivity contribution in [3.63, 3.8) is 0 Å². The van der Waals surface area contributed by atoms with E-state index in [-0.39, 0.29) is 5.75 Å². The molecule has 158 valence electrons. The Bertz CT molecular complexity index is 1040. The van der Waals surface area contributed by atoms with Gasteiger partial charge in [0, 0.05) is 13.1 Å². The summed E-state index contributed by atoms with van der Waals surface area (Å²) in [6, 6.07) is 21.9. The summed E-state index contributed by atoms with van der Waals surface area (Å²) < 4.78 is 27.6. The highest BCUT2D eigenvalue weighted by molar-refractivity contribution is 7.91. The summed E-state index contributed by atoms with van der Waals surface area (Å²) in [6.07, 6.45) is 6.09. The van der Waals surface area contributed by atoms with Crippen LogP contribution in [0.25, 0.3) is 0 Å². The topological polar surface area (TPSA) is 64.0 Å². The van der Waals surface area contributed by atoms with Crippen LogP contribution in [0.1, 0.15) is 23.2 Å². The van der Waals surface area contributed by atoms with E-state index in [1.54, 1.807) is 16.8 Å². The molecule has 1 heterocycles. The fourth-order valence-electron chi connectivity index (χ4n) is 3.32. The molecule has 0 amide bonds. The van der Waals surface area contributed by atoms with E-state index in [0.717, 1.165) is 30.5 Å². The summed E-state index contributed by atoms with van der Waals surface area (Å²) in [4.78, 5) is 0. The highest BCUT2D eigenvalue weighted by atomic mass is 32.2. The minimum absolute atomic E-state index is 0.0246. The Balaban J connectivity index is 1.67. The molecular formula is C24H29N3O2S. The van der Waals surface area contributed by atoms with Crippen molar-refractivity contribution in [2.24, 2.45) is 0 Å². The molecule has 0 aliphatic carbocycles. The van der Waals surface area contributed by atoms with Crippen molar-refractivity contribution in [2.45, 2.75) is 37.4 Å². The standard InChI is InChI=1S/C24H29N3O2S/c1-25-20-23-19-24(27(26-23)17-10-16-22-13-6-3-7-14-22)30(28,29)18-9-8-15-21-11-4-2-5-12-21/h2-9,11-14,19,25H,10,15-18,20H2,1H3. The van der Waals surface area contributed by atoms with E-state index in [0.29, 0.717) is 18.1 Å². The van der Waals surface area contributed by atoms with Gasteiger partial charge in [0.1, 0.15) is 0 Å². The molecule has 3 aromatic rings. The number of allylic oxidation sites excluding steroid dienone is 1. The number of hydrogen-bond donors (Lipinski definition) is 1. The highest BCUT2D eigenvalue weighted by Crippen LogP contribution is 2.16. The van der Waals surface area contributed by atoms with E-state index in [4.69, 9.17) is 0 Å². The Labute approximate surface area is 179 Å². The van der Waals surface area contributed by atoms with Crippen molar-refractivity contribution in [1.29, 1.82) is 0 Å². The first-order valence-electron chi connectivity index (χ1n) is 10.3. The monoisotopic (exact) mass is 423 g/mol. The van der Waals surface area contributed by atoms with Gasteiger partial charge >= 0.3 is 0 Å². The number of sulfone groups is 1. The van der Waals surface area contributed by atoms with Gasteiger partial charge < -0.3 is 5.32 Å². The first kappa shape index (κ1) is 22.0. The average molecular weight is 424 g/mol. The van der Waals surface area contributed by atoms with Crippen LogP contribution in [-0.4, -0.2) is 31.0 Å². The van der Waals surface area contributed by atoms with E-state index >= 15 is 0 Å². The van der Waals surface area contributed by atoms with Crippen LogP contribution >= 0.6 is 0 Å². The van der Waals surface area contributed by atoms with Gasteiger partial charge in [-0.2, -0.15) is 5.10 Å². The third-order valence-corrected chi connectivity index (χ3v) is 6.42. The summed E-state index contributed by atoms with van der Waals surface area (Å²) in [5.41, 5.74) is 3.14. The molecule has 0 bridgehead atoms. The van der Waals surface area contributed by atoms with Crippen LogP contribution in [0, 0.1) is 0 Å². The van der Waals surface area contributed by atoms with Gasteiger partial charge in [0.15, 0.2) is 14.9 Å². The smallest absolute Gasteiger partial charge is 0.198 e. The molecule has 2 aromatic carbocycles. The molecule has 5 nitrogen and oxygen atoms in total. The maximum Gasteiger partial charge on any atom is 0.198 e. The maximum atomic E-state index is 13.0. The molecule has 0 atom stereocenters. The molecule has 0 radical (unpaired) electrons. The van der Waals surface area contributed by atoms with Crippen molar-refractivity contribution < 1.29 is 8.42 Å². The van der Waals surface area contributed by atoms with Crippen molar-refractivity contribution in [1.82, 2.24) is 15.1 Å². The fourth-order valence-corrected chi connectivity index (χ4v) is 4.65. The van der Waals surface area contributed by atoms with Crippen molar-refractivity contribution in [2.75, 3.05) is 12.8 Å². The molecule has 1 aromatic heterocycles. The molecule has 0 aliphatic heterocycles. The quantitative estimate of drug-likeness (QED) is 0.477. The van der Waals surface area contributed by atoms with Crippen LogP contribution in [-0.2, 0) is 35.8 Å². The lowest BCUT2D eigenvalue weighted by Crippen LogP contribution is -2.14. The SMILES string of the molecule is CNCc1cc(S(=O)(=O)CC=CCc2ccccc2)n(CCCc2ccccc2)n1. The van der Waals surface area contributed by atoms with Gasteiger partial charge in [0.2, 0.25) is 0 Å². The zero-order chi connectivity index (χ0) is 21.2. The Hall–Kier alpha value is -2.70. The highest BCUT2D eigenvalue weighted by Gasteiger charge is 2.20. The molecule has 0 spiro atoms. The van der Waals surface area contributed by atoms with E-state index in [2.05, 4.69) is 22.5 Å². The Kier molecular flexibility index (Phi) is 7.99. The second kappa shape index (κ2) is 10.9. The zero-order valence-corrected chi connectivity index (χ0v) is 18.2. The van der Waals surface area contributed by atoms with E-state index in [9.17, 15) is 8.42 Å². The van der Waals surface area contributed by atoms with Crippen molar-refractivity contribution >= 4 is 9.84 Å². The number of aromatic nitrogens is 2. The summed E-state index contributed by atoms with van der Waals surface area (Å²) >= 11 is 0. The van der Waals surface area contributed by atoms with Gasteiger partial charge in [-0.05, 0) is 43.5 Å². The number of benzene rings is 2. The largest absolute Gasteiger partial charge is 0.314 e. The fraction of sp³-hybridized carbons (Fsp3) is 0.292. The van der Waals surface area contributed by atoms with Crippen LogP contribution in [0.2, 0.25) is 0 Å². The van der Waals surface area contributed by atoms with Gasteiger partial charge in [0.05, 0.1) is 11.4 Å². The van der Waals surface area contributed by atoms with Gasteiger partial charge in [-0.3, -0.25) is 4.68 Å². The van der Waals surface area contributed by atoms with Gasteiger partial charge in [-0.25, -0.2) is 8.42 Å². The molecule has 0 unspecified atom stereocenters. The lowest BCUT2D eigenvalue weighted by molar-refractivity contribution is 0.514. The molecular weight excluding hydrogens is 394 g/mol. The predicted octanol–water partition coefficient (Wildman–Crippen LogP) is 3.81. The number of nitrogens with one attached hydrogen (secondary N) is 1. The molecule has 0 aliphatic rings. The second-order valence-corrected chi connectivity index (χ2v) is 9.24. The maximum absolute atomic E-state index is 13.0. The predicted molar refractivity (Wildman–Crippen MR) is 121 cm³/mol. The minimum atomic E-state index is -3.45. The van der Waals surface area contributed by atoms with Gasteiger partial charge in [-0.1, -0.05) is 72.8 Å². The van der Waals surface area contributed by atoms with Gasteiger partial charge in [0.25, 0.3) is 0 Å². The molecule has 3 rings (SSSR count). The third kappa shape index (κ3) is 6.40. The number of aryl methyl sites for hydroxylation is 2. The van der Waals surface area contributed by atoms with E-state index < -0.39 is 9.84 Å². The van der Waals surface area contributed by atoms with Crippen molar-refractivity contribution in [3.05, 3.63) is 95.7 Å². The zero-order valence-electron chi connectivity index (χ0n) is 17.4. The lowest BCUT2D eigenvalue weighted by atomic mass is 10.1. The summed E-state index contributed by atoms with van der Waals surface area (Å²) in [7, 11) is -1.62. The minimum Gasteiger partial charge on any atom is -0.314 e. The Morgan fingerprint density at radius 3 is 2.30 bits per heavy atom. The number of nitrogens with zero attached hydrogens (tertiary/aromatic N) is 2. The molecule has 0 saturated carbocycles. The van der Waals surface area contributed by atoms with Gasteiger partial charge in [-0.15, -0.1) is 0 Å². The first-order valence-corrected chi connectivity index (χ1v) is 11.9. The van der Waals surface area contributed by atoms with Crippen LogP contribution < -0.4 is 5.32 Å². The van der Waals surface area contributed by atoms with Crippen LogP contribution in [0.15, 0.2) is 83.9 Å². The summed E-state index contributed by atoms with van der Waals surface area (Å²) in [5.74, 6) is -0.0246. The van der Waals surface area contributed by atoms with Crippen LogP contribution in [0.3, 0.4) is 0 Å². The Morgan fingerprint density at radius 1 is 0.967 bits per heavy atom. The molecule has 30 heavy (non-hydrogen) atoms. The van der Waals surface area contributed by atoms with Crippen LogP contribution in [0.4, 0.5) is 0 Å². The Morgan fingerprint density at radius 2 is 1.63 bits per heavy atom. The molecule has 1 N–H and O–H groups in total. The summed E-state index contributed by atoms with van der Waals surface area (Å²) in [5, 5.41) is 7.86. The average Bonchev–Trinajstić information content (AvgIpc) is 3.17. The normalized spacial score (nSPS) is 11.9. The summed E-state index contributed by atoms with van der Waals surface area (Å²) in [6.45, 7) is 1.11. The molecule has 0 fully saturated rings. The van der Waals surface area contributed by atoms with E-state index in [1.165, 1.54) is 5.56 Å². The molecule has 6 heteroatoms. The lowest BCUT2D eigenvalue weighted by Gasteiger charge is -2.07.